The summed E-state index contributed by atoms with van der Waals surface area (Å²) >= 11 is 0. The first kappa shape index (κ1) is 21.1. The Morgan fingerprint density at radius 3 is 2.75 bits per heavy atom. The van der Waals surface area contributed by atoms with E-state index in [1.165, 1.54) is 12.5 Å². The Labute approximate surface area is 187 Å². The van der Waals surface area contributed by atoms with Crippen molar-refractivity contribution in [3.63, 3.8) is 0 Å². The molecule has 3 heterocycles. The second-order valence-corrected chi connectivity index (χ2v) is 7.29. The third-order valence-electron chi connectivity index (χ3n) is 5.32. The molecule has 158 valence electrons. The first-order valence-corrected chi connectivity index (χ1v) is 10.2. The molecule has 0 amide bonds. The molecule has 3 aromatic rings. The quantitative estimate of drug-likeness (QED) is 0.367. The van der Waals surface area contributed by atoms with Crippen molar-refractivity contribution in [2.24, 2.45) is 4.99 Å². The van der Waals surface area contributed by atoms with Gasteiger partial charge < -0.3 is 10.7 Å². The monoisotopic (exact) mass is 422 g/mol. The van der Waals surface area contributed by atoms with Gasteiger partial charge in [0.1, 0.15) is 30.1 Å². The Morgan fingerprint density at radius 2 is 2.06 bits per heavy atom. The van der Waals surface area contributed by atoms with E-state index in [9.17, 15) is 0 Å². The minimum absolute atomic E-state index is 0.319. The lowest BCUT2D eigenvalue weighted by molar-refractivity contribution is 0.727. The van der Waals surface area contributed by atoms with Gasteiger partial charge in [-0.05, 0) is 31.4 Å². The number of fused-ring (bicyclic) bond motifs is 1. The van der Waals surface area contributed by atoms with Crippen LogP contribution in [-0.4, -0.2) is 46.7 Å². The van der Waals surface area contributed by atoms with E-state index in [1.807, 2.05) is 43.9 Å². The van der Waals surface area contributed by atoms with Gasteiger partial charge in [0.15, 0.2) is 13.5 Å². The Bertz CT molecular complexity index is 1370. The Hall–Kier alpha value is -4.19. The van der Waals surface area contributed by atoms with Crippen LogP contribution >= 0.6 is 0 Å². The lowest BCUT2D eigenvalue weighted by atomic mass is 10.00. The summed E-state index contributed by atoms with van der Waals surface area (Å²) in [5.74, 6) is 6.65. The van der Waals surface area contributed by atoms with Gasteiger partial charge in [0.05, 0.1) is 22.5 Å². The van der Waals surface area contributed by atoms with Crippen LogP contribution in [-0.2, 0) is 6.54 Å². The highest BCUT2D eigenvalue weighted by Gasteiger charge is 2.28. The number of likely N-dealkylation sites (N-methyl/N-ethyl adjacent to an activating group) is 1. The standard InChI is InChI=1S/C23H23BN8/c1-5-8-16-20-22(24)27-13-28-23(20)31(30-16)12-19-29-17(11-25)21(26-4)15(3)32(19)18-10-7-6-9-14(18)2/h6-7,9-11,13,25-26H,3,12,24H2,1-2,4H3. The minimum atomic E-state index is 0.319. The van der Waals surface area contributed by atoms with Crippen LogP contribution in [0.2, 0.25) is 0 Å². The van der Waals surface area contributed by atoms with Crippen molar-refractivity contribution in [1.82, 2.24) is 25.1 Å². The largest absolute Gasteiger partial charge is 0.385 e. The fourth-order valence-corrected chi connectivity index (χ4v) is 3.84. The van der Waals surface area contributed by atoms with Crippen LogP contribution in [0.15, 0.2) is 59.3 Å². The number of allylic oxidation sites excluding steroid dienone is 1. The van der Waals surface area contributed by atoms with Crippen LogP contribution in [0.4, 0.5) is 5.69 Å². The van der Waals surface area contributed by atoms with E-state index in [0.717, 1.165) is 22.2 Å². The van der Waals surface area contributed by atoms with Gasteiger partial charge in [-0.15, -0.1) is 0 Å². The van der Waals surface area contributed by atoms with E-state index >= 15 is 0 Å². The van der Waals surface area contributed by atoms with Crippen molar-refractivity contribution < 1.29 is 0 Å². The highest BCUT2D eigenvalue weighted by molar-refractivity contribution is 6.37. The Balaban J connectivity index is 1.91. The summed E-state index contributed by atoms with van der Waals surface area (Å²) in [6.07, 6.45) is 2.76. The highest BCUT2D eigenvalue weighted by Crippen LogP contribution is 2.31. The molecule has 2 aromatic heterocycles. The molecular formula is C23H23BN8. The molecule has 0 fully saturated rings. The third kappa shape index (κ3) is 3.46. The molecule has 32 heavy (non-hydrogen) atoms. The van der Waals surface area contributed by atoms with Gasteiger partial charge in [-0.25, -0.2) is 14.7 Å². The predicted molar refractivity (Wildman–Crippen MR) is 131 cm³/mol. The zero-order valence-corrected chi connectivity index (χ0v) is 18.6. The second-order valence-electron chi connectivity index (χ2n) is 7.29. The molecule has 0 spiro atoms. The molecule has 0 saturated heterocycles. The predicted octanol–water partition coefficient (Wildman–Crippen LogP) is 1.28. The average molecular weight is 422 g/mol. The van der Waals surface area contributed by atoms with E-state index in [-0.39, 0.29) is 0 Å². The van der Waals surface area contributed by atoms with Crippen LogP contribution in [0.1, 0.15) is 18.2 Å². The van der Waals surface area contributed by atoms with Crippen molar-refractivity contribution in [3.05, 3.63) is 65.5 Å². The number of hydrogen-bond acceptors (Lipinski definition) is 7. The molecule has 0 radical (unpaired) electrons. The van der Waals surface area contributed by atoms with Gasteiger partial charge in [0, 0.05) is 18.9 Å². The molecule has 9 heteroatoms. The summed E-state index contributed by atoms with van der Waals surface area (Å²) in [7, 11) is 3.72. The average Bonchev–Trinajstić information content (AvgIpc) is 3.13. The maximum atomic E-state index is 7.87. The normalized spacial score (nSPS) is 13.7. The molecule has 0 aliphatic carbocycles. The number of rotatable bonds is 5. The molecule has 0 bridgehead atoms. The van der Waals surface area contributed by atoms with Gasteiger partial charge in [-0.1, -0.05) is 30.7 Å². The zero-order valence-electron chi connectivity index (χ0n) is 18.6. The molecule has 8 nitrogen and oxygen atoms in total. The van der Waals surface area contributed by atoms with Gasteiger partial charge >= 0.3 is 0 Å². The summed E-state index contributed by atoms with van der Waals surface area (Å²) in [6, 6.07) is 8.05. The number of nitrogens with zero attached hydrogens (tertiary/aromatic N) is 6. The summed E-state index contributed by atoms with van der Waals surface area (Å²) in [5.41, 5.74) is 6.11. The lowest BCUT2D eigenvalue weighted by Crippen LogP contribution is -2.39. The van der Waals surface area contributed by atoms with Crippen LogP contribution in [0.5, 0.6) is 0 Å². The lowest BCUT2D eigenvalue weighted by Gasteiger charge is -2.34. The maximum Gasteiger partial charge on any atom is 0.165 e. The van der Waals surface area contributed by atoms with Gasteiger partial charge in [0.25, 0.3) is 0 Å². The first-order chi connectivity index (χ1) is 15.5. The molecule has 0 unspecified atom stereocenters. The molecule has 0 atom stereocenters. The van der Waals surface area contributed by atoms with E-state index < -0.39 is 0 Å². The van der Waals surface area contributed by atoms with Crippen molar-refractivity contribution in [1.29, 1.82) is 5.41 Å². The number of amidine groups is 1. The maximum absolute atomic E-state index is 7.87. The number of para-hydroxylation sites is 1. The van der Waals surface area contributed by atoms with Crippen LogP contribution in [0.3, 0.4) is 0 Å². The van der Waals surface area contributed by atoms with Crippen molar-refractivity contribution in [2.45, 2.75) is 20.4 Å². The fraction of sp³-hybridized carbons (Fsp3) is 0.174. The number of aryl methyl sites for hydroxylation is 1. The van der Waals surface area contributed by atoms with Crippen molar-refractivity contribution in [2.75, 3.05) is 11.9 Å². The molecule has 1 aliphatic heterocycles. The second kappa shape index (κ2) is 8.51. The van der Waals surface area contributed by atoms with E-state index in [0.29, 0.717) is 40.8 Å². The number of aromatic nitrogens is 4. The van der Waals surface area contributed by atoms with E-state index in [2.05, 4.69) is 33.7 Å². The van der Waals surface area contributed by atoms with Crippen LogP contribution in [0.25, 0.3) is 11.0 Å². The number of nitrogens with one attached hydrogen (secondary N) is 2. The number of hydrogen-bond donors (Lipinski definition) is 2. The molecule has 1 aromatic carbocycles. The van der Waals surface area contributed by atoms with E-state index in [4.69, 9.17) is 15.5 Å². The molecule has 0 saturated carbocycles. The smallest absolute Gasteiger partial charge is 0.165 e. The highest BCUT2D eigenvalue weighted by atomic mass is 15.3. The van der Waals surface area contributed by atoms with E-state index in [1.54, 1.807) is 18.7 Å². The summed E-state index contributed by atoms with van der Waals surface area (Å²) < 4.78 is 1.78. The first-order valence-electron chi connectivity index (χ1n) is 10.2. The molecule has 1 aliphatic rings. The third-order valence-corrected chi connectivity index (χ3v) is 5.32. The topological polar surface area (TPSA) is 95.1 Å². The zero-order chi connectivity index (χ0) is 22.8. The van der Waals surface area contributed by atoms with Crippen LogP contribution < -0.4 is 15.8 Å². The SMILES string of the molecule is Bc1ncnc2c1c(C#CC)nn2CC1=NC(C=N)=C(NC)C(=C)N1c1ccccc1C. The van der Waals surface area contributed by atoms with Gasteiger partial charge in [-0.3, -0.25) is 9.88 Å². The Kier molecular flexibility index (Phi) is 5.60. The van der Waals surface area contributed by atoms with Crippen LogP contribution in [0, 0.1) is 24.2 Å². The van der Waals surface area contributed by atoms with Crippen molar-refractivity contribution >= 4 is 42.2 Å². The van der Waals surface area contributed by atoms with Gasteiger partial charge in [0.2, 0.25) is 0 Å². The number of benzene rings is 1. The fourth-order valence-electron chi connectivity index (χ4n) is 3.84. The van der Waals surface area contributed by atoms with Gasteiger partial charge in [-0.2, -0.15) is 5.10 Å². The number of aliphatic imine (C=N–C) groups is 1. The summed E-state index contributed by atoms with van der Waals surface area (Å²) in [6.45, 7) is 8.45. The number of anilines is 1. The summed E-state index contributed by atoms with van der Waals surface area (Å²) in [4.78, 5) is 15.6. The molecule has 4 rings (SSSR count). The molecular weight excluding hydrogens is 399 g/mol. The minimum Gasteiger partial charge on any atom is -0.385 e. The Morgan fingerprint density at radius 1 is 1.28 bits per heavy atom. The molecule has 2 N–H and O–H groups in total. The summed E-state index contributed by atoms with van der Waals surface area (Å²) in [5, 5.41) is 16.6. The van der Waals surface area contributed by atoms with Crippen molar-refractivity contribution in [3.8, 4) is 11.8 Å².